The van der Waals surface area contributed by atoms with Crippen LogP contribution in [0.5, 0.6) is 0 Å². The van der Waals surface area contributed by atoms with E-state index in [4.69, 9.17) is 23.1 Å². The molecule has 6 heteroatoms. The van der Waals surface area contributed by atoms with Crippen LogP contribution >= 0.6 is 27.5 Å². The van der Waals surface area contributed by atoms with Crippen LogP contribution in [-0.2, 0) is 0 Å². The van der Waals surface area contributed by atoms with Crippen LogP contribution in [0.2, 0.25) is 5.02 Å². The standard InChI is InChI=1S/C15H15BrClN3O/c1-7-3-9(16)4-8(2)13(7)20-14-11(15(19)21)5-10(18)6-12(14)17/h3-6,20H,18H2,1-2H3,(H2,19,21). The van der Waals surface area contributed by atoms with Crippen molar-refractivity contribution < 1.29 is 4.79 Å². The van der Waals surface area contributed by atoms with Crippen molar-refractivity contribution in [1.82, 2.24) is 0 Å². The topological polar surface area (TPSA) is 81.1 Å². The first kappa shape index (κ1) is 15.7. The second kappa shape index (κ2) is 5.95. The van der Waals surface area contributed by atoms with Gasteiger partial charge in [0.15, 0.2) is 0 Å². The summed E-state index contributed by atoms with van der Waals surface area (Å²) in [7, 11) is 0. The summed E-state index contributed by atoms with van der Waals surface area (Å²) in [6.45, 7) is 3.93. The number of halogens is 2. The highest BCUT2D eigenvalue weighted by Crippen LogP contribution is 2.34. The van der Waals surface area contributed by atoms with E-state index in [0.717, 1.165) is 21.3 Å². The predicted molar refractivity (Wildman–Crippen MR) is 91.3 cm³/mol. The van der Waals surface area contributed by atoms with Crippen molar-refractivity contribution in [3.8, 4) is 0 Å². The Morgan fingerprint density at radius 1 is 1.14 bits per heavy atom. The van der Waals surface area contributed by atoms with E-state index in [1.54, 1.807) is 6.07 Å². The summed E-state index contributed by atoms with van der Waals surface area (Å²) in [5, 5.41) is 3.56. The molecule has 21 heavy (non-hydrogen) atoms. The molecule has 5 N–H and O–H groups in total. The molecule has 0 bridgehead atoms. The van der Waals surface area contributed by atoms with Crippen LogP contribution in [0.1, 0.15) is 21.5 Å². The lowest BCUT2D eigenvalue weighted by Crippen LogP contribution is -2.14. The maximum absolute atomic E-state index is 11.6. The minimum Gasteiger partial charge on any atom is -0.399 e. The number of amides is 1. The van der Waals surface area contributed by atoms with Gasteiger partial charge in [-0.15, -0.1) is 0 Å². The fourth-order valence-corrected chi connectivity index (χ4v) is 3.14. The fraction of sp³-hybridized carbons (Fsp3) is 0.133. The van der Waals surface area contributed by atoms with Gasteiger partial charge in [-0.05, 0) is 49.2 Å². The monoisotopic (exact) mass is 367 g/mol. The third-order valence-electron chi connectivity index (χ3n) is 3.13. The van der Waals surface area contributed by atoms with E-state index in [9.17, 15) is 4.79 Å². The minimum absolute atomic E-state index is 0.265. The van der Waals surface area contributed by atoms with Crippen LogP contribution in [0.15, 0.2) is 28.7 Å². The van der Waals surface area contributed by atoms with Gasteiger partial charge >= 0.3 is 0 Å². The van der Waals surface area contributed by atoms with Gasteiger partial charge in [0.05, 0.1) is 16.3 Å². The van der Waals surface area contributed by atoms with Gasteiger partial charge in [-0.1, -0.05) is 27.5 Å². The Kier molecular flexibility index (Phi) is 4.44. The number of nitrogens with two attached hydrogens (primary N) is 2. The first-order valence-corrected chi connectivity index (χ1v) is 7.39. The number of carbonyl (C=O) groups excluding carboxylic acids is 1. The van der Waals surface area contributed by atoms with Crippen LogP contribution < -0.4 is 16.8 Å². The first-order chi connectivity index (χ1) is 9.79. The van der Waals surface area contributed by atoms with Crippen molar-refractivity contribution in [2.24, 2.45) is 5.73 Å². The van der Waals surface area contributed by atoms with Gasteiger partial charge in [0.2, 0.25) is 0 Å². The molecule has 0 aliphatic heterocycles. The first-order valence-electron chi connectivity index (χ1n) is 6.22. The molecule has 110 valence electrons. The van der Waals surface area contributed by atoms with E-state index >= 15 is 0 Å². The molecule has 0 heterocycles. The Hall–Kier alpha value is -1.72. The zero-order chi connectivity index (χ0) is 15.7. The number of rotatable bonds is 3. The minimum atomic E-state index is -0.584. The number of nitrogen functional groups attached to an aromatic ring is 1. The molecule has 1 amide bonds. The predicted octanol–water partition coefficient (Wildman–Crippen LogP) is 4.14. The highest BCUT2D eigenvalue weighted by molar-refractivity contribution is 9.10. The fourth-order valence-electron chi connectivity index (χ4n) is 2.18. The lowest BCUT2D eigenvalue weighted by Gasteiger charge is -2.17. The van der Waals surface area contributed by atoms with Gasteiger partial charge in [-0.2, -0.15) is 0 Å². The summed E-state index contributed by atoms with van der Waals surface area (Å²) in [5.74, 6) is -0.584. The van der Waals surface area contributed by atoms with Crippen LogP contribution in [0, 0.1) is 13.8 Å². The molecule has 0 radical (unpaired) electrons. The van der Waals surface area contributed by atoms with Gasteiger partial charge in [0.1, 0.15) is 0 Å². The van der Waals surface area contributed by atoms with E-state index in [2.05, 4.69) is 21.2 Å². The number of primary amides is 1. The molecule has 0 spiro atoms. The lowest BCUT2D eigenvalue weighted by atomic mass is 10.1. The number of anilines is 3. The van der Waals surface area contributed by atoms with Crippen molar-refractivity contribution in [3.05, 3.63) is 50.5 Å². The molecule has 2 aromatic rings. The molecule has 0 saturated heterocycles. The molecule has 0 atom stereocenters. The largest absolute Gasteiger partial charge is 0.399 e. The number of nitrogens with one attached hydrogen (secondary N) is 1. The van der Waals surface area contributed by atoms with Gasteiger partial charge < -0.3 is 16.8 Å². The Morgan fingerprint density at radius 2 is 1.71 bits per heavy atom. The Morgan fingerprint density at radius 3 is 2.24 bits per heavy atom. The van der Waals surface area contributed by atoms with E-state index < -0.39 is 5.91 Å². The number of aryl methyl sites for hydroxylation is 2. The normalized spacial score (nSPS) is 10.5. The SMILES string of the molecule is Cc1cc(Br)cc(C)c1Nc1c(Cl)cc(N)cc1C(N)=O. The highest BCUT2D eigenvalue weighted by atomic mass is 79.9. The molecule has 2 rings (SSSR count). The lowest BCUT2D eigenvalue weighted by molar-refractivity contribution is 0.100. The molecule has 2 aromatic carbocycles. The van der Waals surface area contributed by atoms with E-state index in [-0.39, 0.29) is 5.56 Å². The van der Waals surface area contributed by atoms with Crippen molar-refractivity contribution in [3.63, 3.8) is 0 Å². The van der Waals surface area contributed by atoms with Crippen LogP contribution in [0.3, 0.4) is 0 Å². The molecule has 0 fully saturated rings. The second-order valence-corrected chi connectivity index (χ2v) is 6.15. The van der Waals surface area contributed by atoms with Gasteiger partial charge in [0, 0.05) is 15.8 Å². The summed E-state index contributed by atoms with van der Waals surface area (Å²) >= 11 is 9.65. The quantitative estimate of drug-likeness (QED) is 0.712. The van der Waals surface area contributed by atoms with E-state index in [0.29, 0.717) is 16.4 Å². The summed E-state index contributed by atoms with van der Waals surface area (Å²) in [6, 6.07) is 7.05. The maximum Gasteiger partial charge on any atom is 0.250 e. The van der Waals surface area contributed by atoms with Crippen molar-refractivity contribution in [1.29, 1.82) is 0 Å². The highest BCUT2D eigenvalue weighted by Gasteiger charge is 2.15. The van der Waals surface area contributed by atoms with Gasteiger partial charge in [-0.25, -0.2) is 0 Å². The second-order valence-electron chi connectivity index (χ2n) is 4.83. The third-order valence-corrected chi connectivity index (χ3v) is 3.88. The summed E-state index contributed by atoms with van der Waals surface area (Å²) in [5.41, 5.74) is 15.2. The molecule has 0 aromatic heterocycles. The molecule has 0 unspecified atom stereocenters. The molecular formula is C15H15BrClN3O. The third kappa shape index (κ3) is 3.31. The molecule has 0 saturated carbocycles. The van der Waals surface area contributed by atoms with Crippen molar-refractivity contribution >= 4 is 50.5 Å². The Balaban J connectivity index is 2.57. The molecule has 0 aliphatic rings. The van der Waals surface area contributed by atoms with E-state index in [1.165, 1.54) is 6.07 Å². The molecule has 4 nitrogen and oxygen atoms in total. The van der Waals surface area contributed by atoms with Crippen molar-refractivity contribution in [2.75, 3.05) is 11.1 Å². The average molecular weight is 369 g/mol. The van der Waals surface area contributed by atoms with Gasteiger partial charge in [-0.3, -0.25) is 4.79 Å². The zero-order valence-corrected chi connectivity index (χ0v) is 14.0. The maximum atomic E-state index is 11.6. The van der Waals surface area contributed by atoms with Crippen LogP contribution in [0.25, 0.3) is 0 Å². The number of hydrogen-bond acceptors (Lipinski definition) is 3. The van der Waals surface area contributed by atoms with E-state index in [1.807, 2.05) is 26.0 Å². The molecular weight excluding hydrogens is 354 g/mol. The van der Waals surface area contributed by atoms with Crippen molar-refractivity contribution in [2.45, 2.75) is 13.8 Å². The smallest absolute Gasteiger partial charge is 0.250 e. The summed E-state index contributed by atoms with van der Waals surface area (Å²) in [6.07, 6.45) is 0. The summed E-state index contributed by atoms with van der Waals surface area (Å²) in [4.78, 5) is 11.6. The summed E-state index contributed by atoms with van der Waals surface area (Å²) < 4.78 is 0.988. The number of hydrogen-bond donors (Lipinski definition) is 3. The van der Waals surface area contributed by atoms with Crippen LogP contribution in [-0.4, -0.2) is 5.91 Å². The zero-order valence-electron chi connectivity index (χ0n) is 11.6. The average Bonchev–Trinajstić information content (AvgIpc) is 2.34. The Labute approximate surface area is 136 Å². The number of carbonyl (C=O) groups is 1. The van der Waals surface area contributed by atoms with Gasteiger partial charge in [0.25, 0.3) is 5.91 Å². The number of benzene rings is 2. The van der Waals surface area contributed by atoms with Crippen LogP contribution in [0.4, 0.5) is 17.1 Å². The molecule has 0 aliphatic carbocycles. The Bertz CT molecular complexity index is 708.